The van der Waals surface area contributed by atoms with Crippen molar-refractivity contribution in [1.82, 2.24) is 0 Å². The van der Waals surface area contributed by atoms with Gasteiger partial charge < -0.3 is 9.55 Å². The highest BCUT2D eigenvalue weighted by Gasteiger charge is 2.21. The van der Waals surface area contributed by atoms with Crippen molar-refractivity contribution in [2.45, 2.75) is 0 Å². The van der Waals surface area contributed by atoms with Crippen LogP contribution >= 0.6 is 0 Å². The number of anilines is 1. The molecule has 0 aromatic heterocycles. The SMILES string of the molecule is CN(C)c1ccc(C(=O)/C=C(\OB(F)F)c2ccccc2)cc1. The number of hydrogen-bond acceptors (Lipinski definition) is 3. The molecule has 6 heteroatoms. The molecule has 2 aromatic rings. The van der Waals surface area contributed by atoms with Crippen LogP contribution < -0.4 is 4.90 Å². The monoisotopic (exact) mass is 315 g/mol. The van der Waals surface area contributed by atoms with E-state index in [0.29, 0.717) is 11.1 Å². The lowest BCUT2D eigenvalue weighted by Gasteiger charge is -2.12. The van der Waals surface area contributed by atoms with E-state index in [-0.39, 0.29) is 5.76 Å². The molecule has 0 radical (unpaired) electrons. The Bertz CT molecular complexity index is 685. The van der Waals surface area contributed by atoms with Gasteiger partial charge in [0.05, 0.1) is 0 Å². The lowest BCUT2D eigenvalue weighted by Crippen LogP contribution is -2.09. The Morgan fingerprint density at radius 3 is 2.13 bits per heavy atom. The third kappa shape index (κ3) is 4.67. The quantitative estimate of drug-likeness (QED) is 0.350. The molecule has 0 fully saturated rings. The van der Waals surface area contributed by atoms with Gasteiger partial charge in [0, 0.05) is 37.0 Å². The van der Waals surface area contributed by atoms with Crippen LogP contribution in [0.5, 0.6) is 0 Å². The second kappa shape index (κ2) is 7.58. The van der Waals surface area contributed by atoms with E-state index in [1.165, 1.54) is 0 Å². The van der Waals surface area contributed by atoms with Crippen LogP contribution in [0.3, 0.4) is 0 Å². The molecule has 0 heterocycles. The lowest BCUT2D eigenvalue weighted by atomic mass is 10.1. The predicted octanol–water partition coefficient (Wildman–Crippen LogP) is 3.92. The molecule has 0 aliphatic heterocycles. The molecule has 2 aromatic carbocycles. The number of halogens is 2. The zero-order valence-corrected chi connectivity index (χ0v) is 12.9. The van der Waals surface area contributed by atoms with Gasteiger partial charge in [0.1, 0.15) is 5.76 Å². The van der Waals surface area contributed by atoms with E-state index < -0.39 is 13.3 Å². The number of carbonyl (C=O) groups is 1. The molecule has 0 aliphatic rings. The second-order valence-corrected chi connectivity index (χ2v) is 5.06. The molecule has 118 valence electrons. The van der Waals surface area contributed by atoms with E-state index in [9.17, 15) is 13.4 Å². The third-order valence-electron chi connectivity index (χ3n) is 3.20. The molecule has 0 spiro atoms. The van der Waals surface area contributed by atoms with Crippen LogP contribution in [0.1, 0.15) is 15.9 Å². The summed E-state index contributed by atoms with van der Waals surface area (Å²) < 4.78 is 29.7. The number of ketones is 1. The normalized spacial score (nSPS) is 11.0. The maximum absolute atomic E-state index is 12.6. The lowest BCUT2D eigenvalue weighted by molar-refractivity contribution is 0.104. The Labute approximate surface area is 134 Å². The van der Waals surface area contributed by atoms with E-state index in [0.717, 1.165) is 11.8 Å². The number of rotatable bonds is 6. The number of carbonyl (C=O) groups excluding carboxylic acids is 1. The minimum absolute atomic E-state index is 0.151. The van der Waals surface area contributed by atoms with Gasteiger partial charge in [-0.25, -0.2) is 8.63 Å². The van der Waals surface area contributed by atoms with Crippen LogP contribution in [0.4, 0.5) is 14.3 Å². The molecule has 0 amide bonds. The van der Waals surface area contributed by atoms with Crippen LogP contribution in [0.25, 0.3) is 5.76 Å². The standard InChI is InChI=1S/C17H16BF2NO2/c1-21(2)15-10-8-13(9-11-15)16(22)12-17(23-18(19)20)14-6-4-3-5-7-14/h3-12H,1-2H3/b17-12-. The van der Waals surface area contributed by atoms with E-state index in [1.807, 2.05) is 19.0 Å². The Morgan fingerprint density at radius 2 is 1.61 bits per heavy atom. The van der Waals surface area contributed by atoms with Gasteiger partial charge in [0.15, 0.2) is 5.78 Å². The van der Waals surface area contributed by atoms with Gasteiger partial charge in [-0.15, -0.1) is 0 Å². The topological polar surface area (TPSA) is 29.5 Å². The summed E-state index contributed by atoms with van der Waals surface area (Å²) in [4.78, 5) is 14.2. The molecular weight excluding hydrogens is 299 g/mol. The Morgan fingerprint density at radius 1 is 1.00 bits per heavy atom. The molecule has 0 saturated carbocycles. The van der Waals surface area contributed by atoms with Gasteiger partial charge in [-0.3, -0.25) is 4.79 Å². The van der Waals surface area contributed by atoms with Gasteiger partial charge in [0.25, 0.3) is 0 Å². The molecule has 0 saturated heterocycles. The Balaban J connectivity index is 2.29. The second-order valence-electron chi connectivity index (χ2n) is 5.06. The van der Waals surface area contributed by atoms with Gasteiger partial charge in [0.2, 0.25) is 0 Å². The average Bonchev–Trinajstić information content (AvgIpc) is 2.54. The molecular formula is C17H16BF2NO2. The summed E-state index contributed by atoms with van der Waals surface area (Å²) in [6, 6.07) is 15.2. The van der Waals surface area contributed by atoms with Crippen molar-refractivity contribution in [2.24, 2.45) is 0 Å². The van der Waals surface area contributed by atoms with Crippen LogP contribution in [-0.2, 0) is 4.65 Å². The number of benzene rings is 2. The van der Waals surface area contributed by atoms with E-state index in [4.69, 9.17) is 0 Å². The number of allylic oxidation sites excluding steroid dienone is 1. The fourth-order valence-electron chi connectivity index (χ4n) is 2.01. The van der Waals surface area contributed by atoms with Crippen LogP contribution in [0.15, 0.2) is 60.7 Å². The molecule has 3 nitrogen and oxygen atoms in total. The maximum atomic E-state index is 12.6. The number of hydrogen-bond donors (Lipinski definition) is 0. The molecule has 0 unspecified atom stereocenters. The van der Waals surface area contributed by atoms with Gasteiger partial charge in [-0.05, 0) is 24.3 Å². The van der Waals surface area contributed by atoms with Crippen molar-refractivity contribution in [3.8, 4) is 0 Å². The van der Waals surface area contributed by atoms with E-state index in [2.05, 4.69) is 4.65 Å². The van der Waals surface area contributed by atoms with Crippen molar-refractivity contribution < 1.29 is 18.1 Å². The first-order chi connectivity index (χ1) is 11.0. The first-order valence-corrected chi connectivity index (χ1v) is 7.01. The third-order valence-corrected chi connectivity index (χ3v) is 3.20. The summed E-state index contributed by atoms with van der Waals surface area (Å²) in [5, 5.41) is 0. The van der Waals surface area contributed by atoms with Crippen molar-refractivity contribution in [1.29, 1.82) is 0 Å². The first-order valence-electron chi connectivity index (χ1n) is 7.01. The van der Waals surface area contributed by atoms with E-state index >= 15 is 0 Å². The minimum atomic E-state index is -3.00. The highest BCUT2D eigenvalue weighted by atomic mass is 19.2. The zero-order valence-electron chi connectivity index (χ0n) is 12.9. The summed E-state index contributed by atoms with van der Waals surface area (Å²) in [5.41, 5.74) is 1.77. The fourth-order valence-corrected chi connectivity index (χ4v) is 2.01. The average molecular weight is 315 g/mol. The zero-order chi connectivity index (χ0) is 16.8. The molecule has 0 atom stereocenters. The van der Waals surface area contributed by atoms with Crippen LogP contribution in [0, 0.1) is 0 Å². The van der Waals surface area contributed by atoms with Crippen LogP contribution in [0.2, 0.25) is 0 Å². The van der Waals surface area contributed by atoms with Gasteiger partial charge in [-0.2, -0.15) is 0 Å². The van der Waals surface area contributed by atoms with Crippen molar-refractivity contribution in [2.75, 3.05) is 19.0 Å². The predicted molar refractivity (Wildman–Crippen MR) is 88.6 cm³/mol. The molecule has 0 bridgehead atoms. The summed E-state index contributed by atoms with van der Waals surface area (Å²) in [7, 11) is 0.784. The highest BCUT2D eigenvalue weighted by Crippen LogP contribution is 2.20. The van der Waals surface area contributed by atoms with Crippen molar-refractivity contribution >= 4 is 24.7 Å². The molecule has 0 aliphatic carbocycles. The first kappa shape index (κ1) is 16.7. The van der Waals surface area contributed by atoms with Crippen molar-refractivity contribution in [3.63, 3.8) is 0 Å². The maximum Gasteiger partial charge on any atom is 0.796 e. The van der Waals surface area contributed by atoms with Gasteiger partial charge >= 0.3 is 7.47 Å². The molecule has 0 N–H and O–H groups in total. The minimum Gasteiger partial charge on any atom is -0.505 e. The summed E-state index contributed by atoms with van der Waals surface area (Å²) in [5.74, 6) is -0.544. The van der Waals surface area contributed by atoms with Gasteiger partial charge in [-0.1, -0.05) is 30.3 Å². The summed E-state index contributed by atoms with van der Waals surface area (Å²) in [6.45, 7) is 0. The summed E-state index contributed by atoms with van der Waals surface area (Å²) >= 11 is 0. The number of nitrogens with zero attached hydrogens (tertiary/aromatic N) is 1. The highest BCUT2D eigenvalue weighted by molar-refractivity contribution is 6.36. The van der Waals surface area contributed by atoms with E-state index in [1.54, 1.807) is 54.6 Å². The summed E-state index contributed by atoms with van der Waals surface area (Å²) in [6.07, 6.45) is 1.09. The smallest absolute Gasteiger partial charge is 0.505 e. The Hall–Kier alpha value is -2.63. The van der Waals surface area contributed by atoms with Crippen molar-refractivity contribution in [3.05, 3.63) is 71.8 Å². The molecule has 2 rings (SSSR count). The Kier molecular flexibility index (Phi) is 5.52. The molecule has 23 heavy (non-hydrogen) atoms. The largest absolute Gasteiger partial charge is 0.796 e. The van der Waals surface area contributed by atoms with Crippen LogP contribution in [-0.4, -0.2) is 27.3 Å². The fraction of sp³-hybridized carbons (Fsp3) is 0.118.